The van der Waals surface area contributed by atoms with E-state index in [0.717, 1.165) is 0 Å². The molecule has 0 aromatic rings. The Hall–Kier alpha value is -0.0166. The van der Waals surface area contributed by atoms with Crippen LogP contribution in [0.15, 0.2) is 0 Å². The van der Waals surface area contributed by atoms with Gasteiger partial charge in [0.1, 0.15) is 0 Å². The van der Waals surface area contributed by atoms with Crippen molar-refractivity contribution < 1.29 is 76.9 Å². The zero-order valence-corrected chi connectivity index (χ0v) is 14.0. The van der Waals surface area contributed by atoms with E-state index in [1.54, 1.807) is 6.92 Å². The standard InChI is InChI=1S/C2H6O.2CHF3O3S.Zn/c1-2-3;2*2-1(3,4)8(5,6)7;/h3H,2H2,1H3;2*(H,5,6,7);/q;;;+2/p-2. The Bertz CT molecular complexity index is 395. The van der Waals surface area contributed by atoms with Crippen LogP contribution in [0, 0.1) is 0 Å². The molecular formula is C4H6F6O7S2Zn. The molecule has 1 N–H and O–H groups in total. The third-order valence-electron chi connectivity index (χ3n) is 0.567. The molecule has 16 heteroatoms. The Balaban J connectivity index is -0.000000103. The third-order valence-corrected chi connectivity index (χ3v) is 1.70. The molecule has 0 rings (SSSR count). The van der Waals surface area contributed by atoms with E-state index < -0.39 is 31.3 Å². The molecule has 20 heavy (non-hydrogen) atoms. The van der Waals surface area contributed by atoms with E-state index in [9.17, 15) is 26.3 Å². The largest absolute Gasteiger partial charge is 2.00 e. The Morgan fingerprint density at radius 1 is 0.850 bits per heavy atom. The van der Waals surface area contributed by atoms with E-state index in [0.29, 0.717) is 0 Å². The average molecular weight is 410 g/mol. The van der Waals surface area contributed by atoms with Crippen molar-refractivity contribution in [3.63, 3.8) is 0 Å². The number of hydrogen-bond donors (Lipinski definition) is 1. The van der Waals surface area contributed by atoms with Gasteiger partial charge in [0, 0.05) is 6.61 Å². The van der Waals surface area contributed by atoms with Crippen LogP contribution < -0.4 is 0 Å². The van der Waals surface area contributed by atoms with E-state index in [1.807, 2.05) is 0 Å². The molecule has 0 radical (unpaired) electrons. The predicted molar refractivity (Wildman–Crippen MR) is 44.3 cm³/mol. The predicted octanol–water partition coefficient (Wildman–Crippen LogP) is 0.0989. The van der Waals surface area contributed by atoms with Crippen molar-refractivity contribution in [2.24, 2.45) is 0 Å². The Labute approximate surface area is 122 Å². The van der Waals surface area contributed by atoms with Crippen LogP contribution in [0.2, 0.25) is 0 Å². The van der Waals surface area contributed by atoms with Crippen LogP contribution in [0.25, 0.3) is 0 Å². The van der Waals surface area contributed by atoms with Crippen LogP contribution in [0.4, 0.5) is 26.3 Å². The smallest absolute Gasteiger partial charge is 0.741 e. The van der Waals surface area contributed by atoms with E-state index >= 15 is 0 Å². The summed E-state index contributed by atoms with van der Waals surface area (Å²) < 4.78 is 118. The van der Waals surface area contributed by atoms with E-state index in [4.69, 9.17) is 31.0 Å². The van der Waals surface area contributed by atoms with Crippen LogP contribution in [0.1, 0.15) is 6.92 Å². The first-order valence-corrected chi connectivity index (χ1v) is 6.38. The van der Waals surface area contributed by atoms with Crippen molar-refractivity contribution in [1.29, 1.82) is 0 Å². The van der Waals surface area contributed by atoms with Gasteiger partial charge >= 0.3 is 30.5 Å². The van der Waals surface area contributed by atoms with Gasteiger partial charge in [-0.1, -0.05) is 0 Å². The molecule has 0 aliphatic rings. The Kier molecular flexibility index (Phi) is 13.9. The van der Waals surface area contributed by atoms with Crippen molar-refractivity contribution in [2.45, 2.75) is 17.9 Å². The molecule has 0 fully saturated rings. The minimum Gasteiger partial charge on any atom is -0.741 e. The minimum absolute atomic E-state index is 0. The summed E-state index contributed by atoms with van der Waals surface area (Å²) in [5, 5.41) is 7.57. The fourth-order valence-electron chi connectivity index (χ4n) is 0. The summed E-state index contributed by atoms with van der Waals surface area (Å²) in [7, 11) is -12.2. The summed E-state index contributed by atoms with van der Waals surface area (Å²) in [6, 6.07) is 0. The molecule has 0 bridgehead atoms. The maximum atomic E-state index is 10.7. The quantitative estimate of drug-likeness (QED) is 0.259. The third kappa shape index (κ3) is 16.0. The van der Waals surface area contributed by atoms with E-state index in [2.05, 4.69) is 0 Å². The molecule has 120 valence electrons. The zero-order chi connectivity index (χ0) is 16.7. The van der Waals surface area contributed by atoms with Crippen molar-refractivity contribution >= 4 is 20.2 Å². The second-order valence-corrected chi connectivity index (χ2v) is 4.86. The molecule has 0 atom stereocenters. The topological polar surface area (TPSA) is 135 Å². The van der Waals surface area contributed by atoms with Gasteiger partial charge in [-0.3, -0.25) is 0 Å². The SMILES string of the molecule is CCO.O=S(=O)([O-])C(F)(F)F.O=S(=O)([O-])C(F)(F)F.[Zn+2]. The monoisotopic (exact) mass is 408 g/mol. The fraction of sp³-hybridized carbons (Fsp3) is 1.00. The first-order valence-electron chi connectivity index (χ1n) is 3.57. The average Bonchev–Trinajstić information content (AvgIpc) is 1.97. The molecule has 0 aliphatic heterocycles. The number of rotatable bonds is 0. The second kappa shape index (κ2) is 9.84. The van der Waals surface area contributed by atoms with Crippen LogP contribution in [0.3, 0.4) is 0 Å². The maximum Gasteiger partial charge on any atom is 2.00 e. The summed E-state index contributed by atoms with van der Waals surface area (Å²) >= 11 is 0. The van der Waals surface area contributed by atoms with Gasteiger partial charge in [-0.25, -0.2) is 16.8 Å². The molecule has 0 amide bonds. The minimum atomic E-state index is -6.09. The van der Waals surface area contributed by atoms with Crippen molar-refractivity contribution in [2.75, 3.05) is 6.61 Å². The Morgan fingerprint density at radius 2 is 0.900 bits per heavy atom. The van der Waals surface area contributed by atoms with Gasteiger partial charge in [-0.2, -0.15) is 26.3 Å². The molecule has 0 heterocycles. The van der Waals surface area contributed by atoms with Gasteiger partial charge in [0.2, 0.25) is 0 Å². The summed E-state index contributed by atoms with van der Waals surface area (Å²) in [6.45, 7) is 1.93. The van der Waals surface area contributed by atoms with Gasteiger partial charge in [-0.05, 0) is 6.92 Å². The number of hydrogen-bond acceptors (Lipinski definition) is 7. The van der Waals surface area contributed by atoms with Crippen molar-refractivity contribution in [1.82, 2.24) is 0 Å². The molecule has 0 spiro atoms. The number of alkyl halides is 6. The molecule has 0 aromatic heterocycles. The van der Waals surface area contributed by atoms with Crippen LogP contribution in [0.5, 0.6) is 0 Å². The molecule has 0 aromatic carbocycles. The number of halogens is 6. The van der Waals surface area contributed by atoms with Crippen molar-refractivity contribution in [3.8, 4) is 0 Å². The fourth-order valence-corrected chi connectivity index (χ4v) is 0. The van der Waals surface area contributed by atoms with Crippen molar-refractivity contribution in [3.05, 3.63) is 0 Å². The summed E-state index contributed by atoms with van der Waals surface area (Å²) in [5.41, 5.74) is -11.3. The van der Waals surface area contributed by atoms with Gasteiger partial charge in [0.15, 0.2) is 20.2 Å². The normalized spacial score (nSPS) is 12.1. The van der Waals surface area contributed by atoms with Crippen LogP contribution in [-0.2, 0) is 39.7 Å². The van der Waals surface area contributed by atoms with Crippen LogP contribution >= 0.6 is 0 Å². The second-order valence-electron chi connectivity index (χ2n) is 2.12. The molecule has 7 nitrogen and oxygen atoms in total. The molecule has 0 saturated heterocycles. The Morgan fingerprint density at radius 3 is 0.900 bits per heavy atom. The molecule has 0 aliphatic carbocycles. The van der Waals surface area contributed by atoms with Gasteiger partial charge in [0.05, 0.1) is 0 Å². The summed E-state index contributed by atoms with van der Waals surface area (Å²) in [5.74, 6) is 0. The first-order chi connectivity index (χ1) is 7.91. The summed E-state index contributed by atoms with van der Waals surface area (Å²) in [6.07, 6.45) is 0. The van der Waals surface area contributed by atoms with Gasteiger partial charge in [-0.15, -0.1) is 0 Å². The molecule has 0 saturated carbocycles. The number of aliphatic hydroxyl groups is 1. The summed E-state index contributed by atoms with van der Waals surface area (Å²) in [4.78, 5) is 0. The van der Waals surface area contributed by atoms with E-state index in [-0.39, 0.29) is 26.1 Å². The van der Waals surface area contributed by atoms with Gasteiger partial charge < -0.3 is 14.2 Å². The maximum absolute atomic E-state index is 10.7. The van der Waals surface area contributed by atoms with Crippen LogP contribution in [-0.4, -0.2) is 48.7 Å². The zero-order valence-electron chi connectivity index (χ0n) is 9.40. The first kappa shape index (κ1) is 28.2. The number of aliphatic hydroxyl groups excluding tert-OH is 1. The van der Waals surface area contributed by atoms with E-state index in [1.165, 1.54) is 0 Å². The van der Waals surface area contributed by atoms with Gasteiger partial charge in [0.25, 0.3) is 0 Å². The molecular weight excluding hydrogens is 404 g/mol. The molecule has 0 unspecified atom stereocenters.